The van der Waals surface area contributed by atoms with E-state index < -0.39 is 0 Å². The van der Waals surface area contributed by atoms with Gasteiger partial charge in [0.1, 0.15) is 12.3 Å². The molecule has 0 radical (unpaired) electrons. The van der Waals surface area contributed by atoms with Gasteiger partial charge in [-0.15, -0.1) is 0 Å². The van der Waals surface area contributed by atoms with Crippen LogP contribution in [0.3, 0.4) is 0 Å². The molecule has 0 saturated carbocycles. The fourth-order valence-corrected chi connectivity index (χ4v) is 1.81. The molecule has 1 fully saturated rings. The fraction of sp³-hybridized carbons (Fsp3) is 0.786. The first-order chi connectivity index (χ1) is 8.13. The third-order valence-electron chi connectivity index (χ3n) is 2.78. The van der Waals surface area contributed by atoms with Gasteiger partial charge in [0.05, 0.1) is 12.2 Å². The highest BCUT2D eigenvalue weighted by atomic mass is 16.6. The van der Waals surface area contributed by atoms with Gasteiger partial charge in [0, 0.05) is 5.92 Å². The first-order valence-corrected chi connectivity index (χ1v) is 6.41. The van der Waals surface area contributed by atoms with E-state index in [0.29, 0.717) is 18.6 Å². The average Bonchev–Trinajstić information content (AvgIpc) is 2.28. The van der Waals surface area contributed by atoms with Crippen LogP contribution in [0.25, 0.3) is 0 Å². The number of oxime groups is 1. The van der Waals surface area contributed by atoms with Gasteiger partial charge in [-0.1, -0.05) is 24.9 Å². The molecule has 0 unspecified atom stereocenters. The molecule has 0 aliphatic carbocycles. The second kappa shape index (κ2) is 7.34. The Morgan fingerprint density at radius 2 is 2.24 bits per heavy atom. The number of rotatable bonds is 4. The Labute approximate surface area is 105 Å². The van der Waals surface area contributed by atoms with Crippen molar-refractivity contribution in [2.45, 2.75) is 59.2 Å². The van der Waals surface area contributed by atoms with Crippen molar-refractivity contribution in [2.24, 2.45) is 11.1 Å². The van der Waals surface area contributed by atoms with Gasteiger partial charge in [0.25, 0.3) is 0 Å². The molecule has 96 valence electrons. The molecule has 0 aromatic rings. The fourth-order valence-electron chi connectivity index (χ4n) is 1.81. The monoisotopic (exact) mass is 237 g/mol. The molecule has 1 heterocycles. The molecule has 17 heavy (non-hydrogen) atoms. The average molecular weight is 237 g/mol. The van der Waals surface area contributed by atoms with Gasteiger partial charge >= 0.3 is 0 Å². The van der Waals surface area contributed by atoms with E-state index in [2.05, 4.69) is 37.8 Å². The lowest BCUT2D eigenvalue weighted by Crippen LogP contribution is -2.28. The van der Waals surface area contributed by atoms with Crippen LogP contribution in [0.15, 0.2) is 5.16 Å². The first-order valence-electron chi connectivity index (χ1n) is 6.41. The van der Waals surface area contributed by atoms with Crippen LogP contribution >= 0.6 is 0 Å². The lowest BCUT2D eigenvalue weighted by Gasteiger charge is -2.26. The lowest BCUT2D eigenvalue weighted by molar-refractivity contribution is -0.0783. The smallest absolute Gasteiger partial charge is 0.143 e. The van der Waals surface area contributed by atoms with Crippen LogP contribution in [0.2, 0.25) is 0 Å². The lowest BCUT2D eigenvalue weighted by atomic mass is 10.1. The SMILES string of the molecule is CC#C/C(=N\OC[C@@H]1CCC[C@@H](C)O1)C(C)C. The third-order valence-corrected chi connectivity index (χ3v) is 2.78. The van der Waals surface area contributed by atoms with Crippen molar-refractivity contribution in [3.8, 4) is 11.8 Å². The number of nitrogens with zero attached hydrogens (tertiary/aromatic N) is 1. The molecule has 0 N–H and O–H groups in total. The van der Waals surface area contributed by atoms with E-state index in [1.807, 2.05) is 6.92 Å². The topological polar surface area (TPSA) is 30.8 Å². The highest BCUT2D eigenvalue weighted by Crippen LogP contribution is 2.18. The Hall–Kier alpha value is -1.01. The van der Waals surface area contributed by atoms with Gasteiger partial charge in [-0.05, 0) is 39.0 Å². The summed E-state index contributed by atoms with van der Waals surface area (Å²) >= 11 is 0. The van der Waals surface area contributed by atoms with Gasteiger partial charge in [0.15, 0.2) is 0 Å². The maximum atomic E-state index is 5.76. The minimum absolute atomic E-state index is 0.186. The van der Waals surface area contributed by atoms with Crippen LogP contribution in [-0.2, 0) is 9.57 Å². The molecular weight excluding hydrogens is 214 g/mol. The van der Waals surface area contributed by atoms with Gasteiger partial charge < -0.3 is 9.57 Å². The van der Waals surface area contributed by atoms with Crippen LogP contribution in [0, 0.1) is 17.8 Å². The zero-order chi connectivity index (χ0) is 12.7. The Morgan fingerprint density at radius 1 is 1.47 bits per heavy atom. The Balaban J connectivity index is 2.38. The number of hydrogen-bond donors (Lipinski definition) is 0. The zero-order valence-corrected chi connectivity index (χ0v) is 11.3. The van der Waals surface area contributed by atoms with E-state index in [4.69, 9.17) is 9.57 Å². The van der Waals surface area contributed by atoms with Crippen LogP contribution in [-0.4, -0.2) is 24.5 Å². The van der Waals surface area contributed by atoms with Crippen molar-refractivity contribution in [3.05, 3.63) is 0 Å². The van der Waals surface area contributed by atoms with Gasteiger partial charge in [-0.3, -0.25) is 0 Å². The van der Waals surface area contributed by atoms with Gasteiger partial charge in [-0.25, -0.2) is 0 Å². The Morgan fingerprint density at radius 3 is 2.82 bits per heavy atom. The molecule has 0 aromatic heterocycles. The van der Waals surface area contributed by atoms with E-state index in [1.54, 1.807) is 0 Å². The quantitative estimate of drug-likeness (QED) is 0.427. The normalized spacial score (nSPS) is 25.4. The maximum Gasteiger partial charge on any atom is 0.143 e. The molecule has 0 bridgehead atoms. The molecule has 1 saturated heterocycles. The second-order valence-corrected chi connectivity index (χ2v) is 4.80. The number of hydrogen-bond acceptors (Lipinski definition) is 3. The summed E-state index contributed by atoms with van der Waals surface area (Å²) in [5.74, 6) is 6.12. The third kappa shape index (κ3) is 5.23. The molecule has 3 nitrogen and oxygen atoms in total. The van der Waals surface area contributed by atoms with Crippen LogP contribution in [0.1, 0.15) is 47.0 Å². The van der Waals surface area contributed by atoms with Crippen molar-refractivity contribution in [2.75, 3.05) is 6.61 Å². The summed E-state index contributed by atoms with van der Waals surface area (Å²) in [6.07, 6.45) is 3.96. The van der Waals surface area contributed by atoms with E-state index in [0.717, 1.165) is 18.6 Å². The first kappa shape index (κ1) is 14.1. The van der Waals surface area contributed by atoms with Crippen molar-refractivity contribution in [1.29, 1.82) is 0 Å². The van der Waals surface area contributed by atoms with Crippen LogP contribution < -0.4 is 0 Å². The minimum Gasteiger partial charge on any atom is -0.392 e. The predicted molar refractivity (Wildman–Crippen MR) is 69.9 cm³/mol. The van der Waals surface area contributed by atoms with E-state index in [9.17, 15) is 0 Å². The van der Waals surface area contributed by atoms with Crippen molar-refractivity contribution >= 4 is 5.71 Å². The van der Waals surface area contributed by atoms with Crippen molar-refractivity contribution in [3.63, 3.8) is 0 Å². The van der Waals surface area contributed by atoms with Gasteiger partial charge in [-0.2, -0.15) is 0 Å². The predicted octanol–water partition coefficient (Wildman–Crippen LogP) is 3.00. The molecule has 3 heteroatoms. The molecule has 0 aromatic carbocycles. The summed E-state index contributed by atoms with van der Waals surface area (Å²) < 4.78 is 5.76. The zero-order valence-electron chi connectivity index (χ0n) is 11.3. The van der Waals surface area contributed by atoms with Crippen LogP contribution in [0.5, 0.6) is 0 Å². The molecule has 0 spiro atoms. The second-order valence-electron chi connectivity index (χ2n) is 4.80. The summed E-state index contributed by atoms with van der Waals surface area (Å²) in [6.45, 7) is 8.57. The Kier molecular flexibility index (Phi) is 6.07. The highest BCUT2D eigenvalue weighted by Gasteiger charge is 2.19. The summed E-state index contributed by atoms with van der Waals surface area (Å²) in [5, 5.41) is 4.10. The molecule has 1 aliphatic rings. The summed E-state index contributed by atoms with van der Waals surface area (Å²) in [4.78, 5) is 5.36. The van der Waals surface area contributed by atoms with Crippen molar-refractivity contribution < 1.29 is 9.57 Å². The van der Waals surface area contributed by atoms with Crippen LogP contribution in [0.4, 0.5) is 0 Å². The summed E-state index contributed by atoms with van der Waals surface area (Å²) in [7, 11) is 0. The summed E-state index contributed by atoms with van der Waals surface area (Å²) in [6, 6.07) is 0. The molecule has 0 amide bonds. The maximum absolute atomic E-state index is 5.76. The molecule has 1 rings (SSSR count). The molecule has 2 atom stereocenters. The van der Waals surface area contributed by atoms with Gasteiger partial charge in [0.2, 0.25) is 0 Å². The van der Waals surface area contributed by atoms with Crippen molar-refractivity contribution in [1.82, 2.24) is 0 Å². The largest absolute Gasteiger partial charge is 0.392 e. The van der Waals surface area contributed by atoms with E-state index in [-0.39, 0.29) is 6.10 Å². The van der Waals surface area contributed by atoms with E-state index in [1.165, 1.54) is 6.42 Å². The Bertz CT molecular complexity index is 312. The summed E-state index contributed by atoms with van der Waals surface area (Å²) in [5.41, 5.74) is 0.802. The highest BCUT2D eigenvalue weighted by molar-refractivity contribution is 6.01. The van der Waals surface area contributed by atoms with E-state index >= 15 is 0 Å². The number of ether oxygens (including phenoxy) is 1. The minimum atomic E-state index is 0.186. The molecular formula is C14H23NO2. The standard InChI is InChI=1S/C14H23NO2/c1-5-7-14(11(2)3)15-16-10-13-9-6-8-12(4)17-13/h11-13H,6,8-10H2,1-4H3/b15-14+/t12-,13+/m1/s1. The molecule has 1 aliphatic heterocycles.